The predicted molar refractivity (Wildman–Crippen MR) is 136 cm³/mol. The third-order valence-corrected chi connectivity index (χ3v) is 6.84. The first kappa shape index (κ1) is 25.9. The standard InChI is InChI=1S/C28H27ClF3N3O/c1-2-16-35-17-7-6-13-23(35)25(21-12-8-11-20(18-21)19-9-4-3-5-10-19)34-27(36)26-24(29)22(14-15-33-26)28(30,31)32/h2-5,8-12,14-15,18,23,25H,1,6-7,13,16-17H2,(H,34,36)/t23-,25-/m0/s1. The quantitative estimate of drug-likeness (QED) is 0.348. The number of hydrogen-bond acceptors (Lipinski definition) is 3. The summed E-state index contributed by atoms with van der Waals surface area (Å²) in [6.07, 6.45) is 0.907. The van der Waals surface area contributed by atoms with Crippen molar-refractivity contribution in [3.05, 3.63) is 101 Å². The molecule has 1 N–H and O–H groups in total. The molecule has 1 amide bonds. The van der Waals surface area contributed by atoms with Gasteiger partial charge in [-0.3, -0.25) is 9.69 Å². The SMILES string of the molecule is C=CCN1CCCC[C@H]1[C@@H](NC(=O)c1nccc(C(F)(F)F)c1Cl)c1cccc(-c2ccccc2)c1. The molecule has 2 heterocycles. The Morgan fingerprint density at radius 1 is 1.14 bits per heavy atom. The van der Waals surface area contributed by atoms with Crippen LogP contribution in [0, 0.1) is 0 Å². The molecule has 4 nitrogen and oxygen atoms in total. The Hall–Kier alpha value is -3.16. The maximum Gasteiger partial charge on any atom is 0.417 e. The van der Waals surface area contributed by atoms with Crippen LogP contribution in [-0.2, 0) is 6.18 Å². The lowest BCUT2D eigenvalue weighted by Crippen LogP contribution is -2.49. The van der Waals surface area contributed by atoms with Gasteiger partial charge in [0, 0.05) is 18.8 Å². The molecular weight excluding hydrogens is 487 g/mol. The summed E-state index contributed by atoms with van der Waals surface area (Å²) >= 11 is 6.02. The Bertz CT molecular complexity index is 1220. The number of aromatic nitrogens is 1. The Morgan fingerprint density at radius 2 is 1.89 bits per heavy atom. The number of likely N-dealkylation sites (tertiary alicyclic amines) is 1. The molecule has 0 saturated carbocycles. The highest BCUT2D eigenvalue weighted by molar-refractivity contribution is 6.34. The van der Waals surface area contributed by atoms with E-state index in [0.29, 0.717) is 6.54 Å². The zero-order valence-electron chi connectivity index (χ0n) is 19.6. The number of halogens is 4. The summed E-state index contributed by atoms with van der Waals surface area (Å²) in [4.78, 5) is 19.5. The summed E-state index contributed by atoms with van der Waals surface area (Å²) in [5.74, 6) is -0.745. The number of alkyl halides is 3. The molecular formula is C28H27ClF3N3O. The van der Waals surface area contributed by atoms with Crippen LogP contribution in [0.3, 0.4) is 0 Å². The lowest BCUT2D eigenvalue weighted by Gasteiger charge is -2.40. The van der Waals surface area contributed by atoms with Gasteiger partial charge in [-0.05, 0) is 48.2 Å². The van der Waals surface area contributed by atoms with Crippen LogP contribution in [0.25, 0.3) is 11.1 Å². The molecule has 4 rings (SSSR count). The van der Waals surface area contributed by atoms with Crippen molar-refractivity contribution in [2.24, 2.45) is 0 Å². The van der Waals surface area contributed by atoms with Crippen molar-refractivity contribution < 1.29 is 18.0 Å². The van der Waals surface area contributed by atoms with Crippen molar-refractivity contribution in [2.45, 2.75) is 37.5 Å². The van der Waals surface area contributed by atoms with Gasteiger partial charge >= 0.3 is 6.18 Å². The second-order valence-electron chi connectivity index (χ2n) is 8.81. The molecule has 3 aromatic rings. The van der Waals surface area contributed by atoms with Crippen molar-refractivity contribution in [3.8, 4) is 11.1 Å². The number of hydrogen-bond donors (Lipinski definition) is 1. The number of amides is 1. The number of carbonyl (C=O) groups is 1. The largest absolute Gasteiger partial charge is 0.417 e. The zero-order valence-corrected chi connectivity index (χ0v) is 20.4. The van der Waals surface area contributed by atoms with Gasteiger partial charge in [-0.2, -0.15) is 13.2 Å². The lowest BCUT2D eigenvalue weighted by molar-refractivity contribution is -0.137. The number of benzene rings is 2. The van der Waals surface area contributed by atoms with Crippen LogP contribution in [0.15, 0.2) is 79.5 Å². The van der Waals surface area contributed by atoms with Gasteiger partial charge in [0.15, 0.2) is 0 Å². The van der Waals surface area contributed by atoms with E-state index >= 15 is 0 Å². The first-order chi connectivity index (χ1) is 17.3. The minimum absolute atomic E-state index is 0.0729. The van der Waals surface area contributed by atoms with E-state index in [-0.39, 0.29) is 6.04 Å². The lowest BCUT2D eigenvalue weighted by atomic mass is 9.89. The number of rotatable bonds is 7. The van der Waals surface area contributed by atoms with Crippen LogP contribution in [0.1, 0.15) is 46.9 Å². The molecule has 2 aromatic carbocycles. The van der Waals surface area contributed by atoms with Crippen LogP contribution >= 0.6 is 11.6 Å². The number of piperidine rings is 1. The van der Waals surface area contributed by atoms with Crippen molar-refractivity contribution in [3.63, 3.8) is 0 Å². The van der Waals surface area contributed by atoms with Gasteiger partial charge < -0.3 is 5.32 Å². The van der Waals surface area contributed by atoms with Crippen molar-refractivity contribution in [1.82, 2.24) is 15.2 Å². The second kappa shape index (κ2) is 11.3. The van der Waals surface area contributed by atoms with Gasteiger partial charge in [-0.25, -0.2) is 4.98 Å². The monoisotopic (exact) mass is 513 g/mol. The van der Waals surface area contributed by atoms with E-state index in [1.165, 1.54) is 0 Å². The van der Waals surface area contributed by atoms with Gasteiger partial charge in [0.05, 0.1) is 16.6 Å². The molecule has 1 fully saturated rings. The second-order valence-corrected chi connectivity index (χ2v) is 9.19. The molecule has 0 radical (unpaired) electrons. The van der Waals surface area contributed by atoms with E-state index in [1.54, 1.807) is 0 Å². The molecule has 36 heavy (non-hydrogen) atoms. The zero-order chi connectivity index (χ0) is 25.7. The van der Waals surface area contributed by atoms with Gasteiger partial charge in [0.1, 0.15) is 5.69 Å². The number of nitrogens with zero attached hydrogens (tertiary/aromatic N) is 2. The van der Waals surface area contributed by atoms with E-state index in [4.69, 9.17) is 11.6 Å². The summed E-state index contributed by atoms with van der Waals surface area (Å²) in [7, 11) is 0. The van der Waals surface area contributed by atoms with E-state index < -0.39 is 34.4 Å². The summed E-state index contributed by atoms with van der Waals surface area (Å²) in [5, 5.41) is 2.27. The molecule has 0 aliphatic carbocycles. The molecule has 1 aromatic heterocycles. The Balaban J connectivity index is 1.73. The summed E-state index contributed by atoms with van der Waals surface area (Å²) in [5.41, 5.74) is 1.33. The molecule has 0 spiro atoms. The van der Waals surface area contributed by atoms with Crippen molar-refractivity contribution >= 4 is 17.5 Å². The highest BCUT2D eigenvalue weighted by Crippen LogP contribution is 2.36. The highest BCUT2D eigenvalue weighted by Gasteiger charge is 2.37. The average Bonchev–Trinajstić information content (AvgIpc) is 2.88. The van der Waals surface area contributed by atoms with E-state index in [2.05, 4.69) is 21.8 Å². The molecule has 1 aliphatic heterocycles. The molecule has 1 saturated heterocycles. The van der Waals surface area contributed by atoms with Crippen LogP contribution < -0.4 is 5.32 Å². The number of nitrogens with one attached hydrogen (secondary N) is 1. The fraction of sp³-hybridized carbons (Fsp3) is 0.286. The maximum absolute atomic E-state index is 13.4. The minimum Gasteiger partial charge on any atom is -0.342 e. The van der Waals surface area contributed by atoms with Crippen LogP contribution in [0.4, 0.5) is 13.2 Å². The average molecular weight is 514 g/mol. The van der Waals surface area contributed by atoms with Crippen LogP contribution in [0.5, 0.6) is 0 Å². The summed E-state index contributed by atoms with van der Waals surface area (Å²) in [6, 6.07) is 17.9. The van der Waals surface area contributed by atoms with Crippen LogP contribution in [-0.4, -0.2) is 34.9 Å². The Labute approximate surface area is 213 Å². The van der Waals surface area contributed by atoms with E-state index in [9.17, 15) is 18.0 Å². The predicted octanol–water partition coefficient (Wildman–Crippen LogP) is 6.93. The summed E-state index contributed by atoms with van der Waals surface area (Å²) < 4.78 is 40.2. The van der Waals surface area contributed by atoms with Crippen LogP contribution in [0.2, 0.25) is 5.02 Å². The molecule has 2 atom stereocenters. The van der Waals surface area contributed by atoms with Crippen molar-refractivity contribution in [2.75, 3.05) is 13.1 Å². The minimum atomic E-state index is -4.69. The fourth-order valence-corrected chi connectivity index (χ4v) is 5.07. The molecule has 0 unspecified atom stereocenters. The Kier molecular flexibility index (Phi) is 8.11. The number of pyridine rings is 1. The first-order valence-corrected chi connectivity index (χ1v) is 12.2. The topological polar surface area (TPSA) is 45.2 Å². The first-order valence-electron chi connectivity index (χ1n) is 11.8. The molecule has 0 bridgehead atoms. The van der Waals surface area contributed by atoms with E-state index in [0.717, 1.165) is 54.8 Å². The fourth-order valence-electron chi connectivity index (χ4n) is 4.76. The number of carbonyl (C=O) groups excluding carboxylic acids is 1. The normalized spacial score (nSPS) is 17.4. The van der Waals surface area contributed by atoms with Gasteiger partial charge in [-0.1, -0.05) is 72.6 Å². The highest BCUT2D eigenvalue weighted by atomic mass is 35.5. The van der Waals surface area contributed by atoms with Crippen molar-refractivity contribution in [1.29, 1.82) is 0 Å². The molecule has 188 valence electrons. The summed E-state index contributed by atoms with van der Waals surface area (Å²) in [6.45, 7) is 5.34. The Morgan fingerprint density at radius 3 is 2.61 bits per heavy atom. The maximum atomic E-state index is 13.4. The van der Waals surface area contributed by atoms with E-state index in [1.807, 2.05) is 60.7 Å². The van der Waals surface area contributed by atoms with Gasteiger partial charge in [0.2, 0.25) is 0 Å². The third kappa shape index (κ3) is 5.79. The molecule has 8 heteroatoms. The van der Waals surface area contributed by atoms with Gasteiger partial charge in [-0.15, -0.1) is 6.58 Å². The smallest absolute Gasteiger partial charge is 0.342 e. The molecule has 1 aliphatic rings. The van der Waals surface area contributed by atoms with Gasteiger partial charge in [0.25, 0.3) is 5.91 Å². The third-order valence-electron chi connectivity index (χ3n) is 6.46.